The van der Waals surface area contributed by atoms with E-state index in [0.29, 0.717) is 16.5 Å². The van der Waals surface area contributed by atoms with Gasteiger partial charge < -0.3 is 9.84 Å². The van der Waals surface area contributed by atoms with Crippen molar-refractivity contribution in [1.82, 2.24) is 19.8 Å². The fraction of sp³-hybridized carbons (Fsp3) is 0.188. The maximum Gasteiger partial charge on any atom is 0.368 e. The number of phenolic OH excluding ortho intramolecular Hbond substituents is 1. The van der Waals surface area contributed by atoms with E-state index in [9.17, 15) is 9.90 Å². The summed E-state index contributed by atoms with van der Waals surface area (Å²) in [6.07, 6.45) is 0. The number of tetrazole rings is 1. The van der Waals surface area contributed by atoms with E-state index in [1.807, 2.05) is 19.1 Å². The summed E-state index contributed by atoms with van der Waals surface area (Å²) in [5.41, 5.74) is 2.00. The number of ether oxygens (including phenoxy) is 1. The van der Waals surface area contributed by atoms with Crippen LogP contribution in [0.3, 0.4) is 0 Å². The minimum atomic E-state index is -0.343. The van der Waals surface area contributed by atoms with Crippen LogP contribution in [0.1, 0.15) is 11.1 Å². The number of rotatable bonds is 4. The standard InChI is InChI=1S/C16H15ClN4O3/c1-10-4-3-5-14(21-16(23)20(2)18-19-21)12(10)9-24-15-7-6-11(22)8-13(15)17/h3-8,22H,9H2,1-2H3. The molecule has 0 unspecified atom stereocenters. The van der Waals surface area contributed by atoms with Crippen LogP contribution in [0.2, 0.25) is 5.02 Å². The maximum absolute atomic E-state index is 12.1. The van der Waals surface area contributed by atoms with Crippen molar-refractivity contribution >= 4 is 11.6 Å². The van der Waals surface area contributed by atoms with Crippen LogP contribution in [0.25, 0.3) is 5.69 Å². The Kier molecular flexibility index (Phi) is 4.26. The highest BCUT2D eigenvalue weighted by Crippen LogP contribution is 2.29. The minimum absolute atomic E-state index is 0.0649. The molecule has 0 amide bonds. The highest BCUT2D eigenvalue weighted by molar-refractivity contribution is 6.32. The molecule has 0 saturated carbocycles. The first kappa shape index (κ1) is 16.1. The number of halogens is 1. The fourth-order valence-electron chi connectivity index (χ4n) is 2.29. The topological polar surface area (TPSA) is 82.2 Å². The van der Waals surface area contributed by atoms with Crippen molar-refractivity contribution in [2.75, 3.05) is 0 Å². The van der Waals surface area contributed by atoms with E-state index < -0.39 is 0 Å². The second-order valence-electron chi connectivity index (χ2n) is 5.27. The number of benzene rings is 2. The van der Waals surface area contributed by atoms with Crippen LogP contribution >= 0.6 is 11.6 Å². The largest absolute Gasteiger partial charge is 0.508 e. The molecule has 0 aliphatic rings. The Bertz CT molecular complexity index is 949. The van der Waals surface area contributed by atoms with E-state index in [4.69, 9.17) is 16.3 Å². The van der Waals surface area contributed by atoms with Gasteiger partial charge in [0, 0.05) is 18.7 Å². The zero-order valence-corrected chi connectivity index (χ0v) is 13.9. The molecule has 0 atom stereocenters. The van der Waals surface area contributed by atoms with E-state index in [0.717, 1.165) is 15.8 Å². The Hall–Kier alpha value is -2.80. The first-order valence-electron chi connectivity index (χ1n) is 7.16. The summed E-state index contributed by atoms with van der Waals surface area (Å²) in [7, 11) is 1.54. The maximum atomic E-state index is 12.1. The summed E-state index contributed by atoms with van der Waals surface area (Å²) in [6, 6.07) is 10.0. The molecule has 7 nitrogen and oxygen atoms in total. The summed E-state index contributed by atoms with van der Waals surface area (Å²) in [4.78, 5) is 12.1. The number of phenols is 1. The first-order chi connectivity index (χ1) is 11.5. The Labute approximate surface area is 142 Å². The molecule has 2 aromatic carbocycles. The normalized spacial score (nSPS) is 10.8. The second kappa shape index (κ2) is 6.37. The monoisotopic (exact) mass is 346 g/mol. The smallest absolute Gasteiger partial charge is 0.368 e. The molecular formula is C16H15ClN4O3. The molecule has 24 heavy (non-hydrogen) atoms. The van der Waals surface area contributed by atoms with Crippen LogP contribution in [0.5, 0.6) is 11.5 Å². The van der Waals surface area contributed by atoms with Gasteiger partial charge in [-0.25, -0.2) is 4.79 Å². The fourth-order valence-corrected chi connectivity index (χ4v) is 2.52. The van der Waals surface area contributed by atoms with E-state index in [1.165, 1.54) is 23.9 Å². The van der Waals surface area contributed by atoms with Crippen LogP contribution in [0, 0.1) is 6.92 Å². The summed E-state index contributed by atoms with van der Waals surface area (Å²) < 4.78 is 8.14. The van der Waals surface area contributed by atoms with Gasteiger partial charge in [0.05, 0.1) is 10.7 Å². The third-order valence-corrected chi connectivity index (χ3v) is 3.92. The van der Waals surface area contributed by atoms with Crippen LogP contribution in [0.4, 0.5) is 0 Å². The molecule has 0 spiro atoms. The number of nitrogens with zero attached hydrogens (tertiary/aromatic N) is 4. The van der Waals surface area contributed by atoms with Gasteiger partial charge in [0.2, 0.25) is 0 Å². The minimum Gasteiger partial charge on any atom is -0.508 e. The summed E-state index contributed by atoms with van der Waals surface area (Å²) in [6.45, 7) is 2.11. The molecule has 0 aliphatic heterocycles. The average molecular weight is 347 g/mol. The molecule has 0 saturated heterocycles. The van der Waals surface area contributed by atoms with Crippen molar-refractivity contribution in [2.24, 2.45) is 7.05 Å². The Morgan fingerprint density at radius 2 is 2.04 bits per heavy atom. The van der Waals surface area contributed by atoms with Gasteiger partial charge in [-0.2, -0.15) is 9.36 Å². The van der Waals surface area contributed by atoms with Gasteiger partial charge in [-0.3, -0.25) is 0 Å². The molecule has 3 rings (SSSR count). The molecule has 124 valence electrons. The van der Waals surface area contributed by atoms with Crippen molar-refractivity contribution in [3.05, 3.63) is 63.0 Å². The van der Waals surface area contributed by atoms with Crippen molar-refractivity contribution in [3.8, 4) is 17.2 Å². The van der Waals surface area contributed by atoms with Crippen molar-refractivity contribution < 1.29 is 9.84 Å². The lowest BCUT2D eigenvalue weighted by Gasteiger charge is -2.13. The van der Waals surface area contributed by atoms with Crippen LogP contribution in [-0.4, -0.2) is 24.9 Å². The van der Waals surface area contributed by atoms with Crippen LogP contribution in [0.15, 0.2) is 41.2 Å². The average Bonchev–Trinajstić information content (AvgIpc) is 2.87. The Morgan fingerprint density at radius 3 is 2.71 bits per heavy atom. The van der Waals surface area contributed by atoms with Gasteiger partial charge in [0.15, 0.2) is 0 Å². The molecule has 1 N–H and O–H groups in total. The van der Waals surface area contributed by atoms with Gasteiger partial charge in [-0.05, 0) is 41.1 Å². The zero-order valence-electron chi connectivity index (χ0n) is 13.1. The third-order valence-electron chi connectivity index (χ3n) is 3.62. The van der Waals surface area contributed by atoms with Crippen LogP contribution < -0.4 is 10.4 Å². The van der Waals surface area contributed by atoms with E-state index >= 15 is 0 Å². The van der Waals surface area contributed by atoms with Crippen molar-refractivity contribution in [1.29, 1.82) is 0 Å². The number of aromatic hydroxyl groups is 1. The number of aryl methyl sites for hydroxylation is 2. The van der Waals surface area contributed by atoms with Gasteiger partial charge in [0.1, 0.15) is 18.1 Å². The molecule has 8 heteroatoms. The lowest BCUT2D eigenvalue weighted by molar-refractivity contribution is 0.304. The molecule has 1 aromatic heterocycles. The van der Waals surface area contributed by atoms with Crippen molar-refractivity contribution in [3.63, 3.8) is 0 Å². The van der Waals surface area contributed by atoms with E-state index in [2.05, 4.69) is 10.4 Å². The van der Waals surface area contributed by atoms with Gasteiger partial charge in [-0.15, -0.1) is 0 Å². The first-order valence-corrected chi connectivity index (χ1v) is 7.54. The van der Waals surface area contributed by atoms with Gasteiger partial charge in [-0.1, -0.05) is 23.7 Å². The predicted octanol–water partition coefficient (Wildman–Crippen LogP) is 2.21. The third kappa shape index (κ3) is 2.98. The molecule has 0 aliphatic carbocycles. The molecular weight excluding hydrogens is 332 g/mol. The van der Waals surface area contributed by atoms with E-state index in [1.54, 1.807) is 12.1 Å². The summed E-state index contributed by atoms with van der Waals surface area (Å²) in [5.74, 6) is 0.505. The van der Waals surface area contributed by atoms with Crippen LogP contribution in [-0.2, 0) is 13.7 Å². The quantitative estimate of drug-likeness (QED) is 0.783. The Morgan fingerprint density at radius 1 is 1.25 bits per heavy atom. The highest BCUT2D eigenvalue weighted by atomic mass is 35.5. The van der Waals surface area contributed by atoms with Gasteiger partial charge >= 0.3 is 5.69 Å². The molecule has 3 aromatic rings. The summed E-state index contributed by atoms with van der Waals surface area (Å²) >= 11 is 6.06. The number of hydrogen-bond donors (Lipinski definition) is 1. The summed E-state index contributed by atoms with van der Waals surface area (Å²) in [5, 5.41) is 17.3. The Balaban J connectivity index is 1.96. The molecule has 0 fully saturated rings. The number of aromatic nitrogens is 4. The van der Waals surface area contributed by atoms with Gasteiger partial charge in [0.25, 0.3) is 0 Å². The highest BCUT2D eigenvalue weighted by Gasteiger charge is 2.14. The lowest BCUT2D eigenvalue weighted by atomic mass is 10.1. The number of hydrogen-bond acceptors (Lipinski definition) is 5. The van der Waals surface area contributed by atoms with Crippen molar-refractivity contribution in [2.45, 2.75) is 13.5 Å². The lowest BCUT2D eigenvalue weighted by Crippen LogP contribution is -2.23. The predicted molar refractivity (Wildman–Crippen MR) is 88.8 cm³/mol. The second-order valence-corrected chi connectivity index (χ2v) is 5.68. The molecule has 0 radical (unpaired) electrons. The van der Waals surface area contributed by atoms with E-state index in [-0.39, 0.29) is 18.0 Å². The molecule has 0 bridgehead atoms. The zero-order chi connectivity index (χ0) is 17.3. The molecule has 1 heterocycles. The SMILES string of the molecule is Cc1cccc(-n2nnn(C)c2=O)c1COc1ccc(O)cc1Cl.